The summed E-state index contributed by atoms with van der Waals surface area (Å²) in [5, 5.41) is 0. The van der Waals surface area contributed by atoms with Crippen LogP contribution >= 0.6 is 0 Å². The van der Waals surface area contributed by atoms with E-state index < -0.39 is 0 Å². The zero-order valence-electron chi connectivity index (χ0n) is 8.08. The van der Waals surface area contributed by atoms with Gasteiger partial charge >= 0.3 is 0 Å². The molecule has 76 valence electrons. The minimum absolute atomic E-state index is 0.269. The van der Waals surface area contributed by atoms with Crippen molar-refractivity contribution < 1.29 is 4.79 Å². The largest absolute Gasteiger partial charge is 0.290 e. The number of carbonyl (C=O) groups excluding carboxylic acids is 1. The quantitative estimate of drug-likeness (QED) is 0.765. The first-order valence-corrected chi connectivity index (χ1v) is 4.33. The Labute approximate surface area is 86.0 Å². The van der Waals surface area contributed by atoms with Crippen LogP contribution in [0.25, 0.3) is 0 Å². The van der Waals surface area contributed by atoms with Crippen molar-refractivity contribution in [2.75, 3.05) is 5.43 Å². The van der Waals surface area contributed by atoms with Gasteiger partial charge in [-0.05, 0) is 6.92 Å². The van der Waals surface area contributed by atoms with Crippen LogP contribution in [-0.4, -0.2) is 25.5 Å². The molecule has 0 saturated carbocycles. The van der Waals surface area contributed by atoms with Crippen molar-refractivity contribution in [1.29, 1.82) is 0 Å². The van der Waals surface area contributed by atoms with Crippen molar-refractivity contribution in [1.82, 2.24) is 19.6 Å². The van der Waals surface area contributed by atoms with E-state index in [4.69, 9.17) is 0 Å². The summed E-state index contributed by atoms with van der Waals surface area (Å²) < 4.78 is 1.52. The molecule has 0 radical (unpaired) electrons. The molecule has 6 nitrogen and oxygen atoms in total. The number of hydrogen-bond acceptors (Lipinski definition) is 4. The molecular formula is C9H9N5O. The zero-order valence-corrected chi connectivity index (χ0v) is 8.08. The molecular weight excluding hydrogens is 194 g/mol. The molecule has 0 fully saturated rings. The highest BCUT2D eigenvalue weighted by atomic mass is 16.2. The Morgan fingerprint density at radius 2 is 2.20 bits per heavy atom. The molecule has 15 heavy (non-hydrogen) atoms. The lowest BCUT2D eigenvalue weighted by Crippen LogP contribution is -2.23. The van der Waals surface area contributed by atoms with Gasteiger partial charge in [0, 0.05) is 18.6 Å². The Balaban J connectivity index is 2.15. The topological polar surface area (TPSA) is 72.7 Å². The average molecular weight is 203 g/mol. The predicted octanol–water partition coefficient (Wildman–Crippen LogP) is 0.365. The van der Waals surface area contributed by atoms with E-state index in [9.17, 15) is 4.79 Å². The minimum atomic E-state index is -0.316. The van der Waals surface area contributed by atoms with Gasteiger partial charge in [-0.15, -0.1) is 0 Å². The maximum atomic E-state index is 11.6. The van der Waals surface area contributed by atoms with Crippen LogP contribution in [0.1, 0.15) is 16.2 Å². The van der Waals surface area contributed by atoms with Crippen LogP contribution in [-0.2, 0) is 0 Å². The normalized spacial score (nSPS) is 9.93. The van der Waals surface area contributed by atoms with Gasteiger partial charge in [-0.1, -0.05) is 0 Å². The lowest BCUT2D eigenvalue weighted by Gasteiger charge is -2.05. The van der Waals surface area contributed by atoms with Gasteiger partial charge in [0.2, 0.25) is 0 Å². The average Bonchev–Trinajstić information content (AvgIpc) is 2.66. The molecule has 0 spiro atoms. The number of carbonyl (C=O) groups is 1. The van der Waals surface area contributed by atoms with E-state index in [1.54, 1.807) is 6.20 Å². The van der Waals surface area contributed by atoms with Crippen molar-refractivity contribution >= 4 is 5.91 Å². The summed E-state index contributed by atoms with van der Waals surface area (Å²) in [6.07, 6.45) is 7.55. The summed E-state index contributed by atoms with van der Waals surface area (Å²) in [6, 6.07) is 0. The second-order valence-corrected chi connectivity index (χ2v) is 2.94. The lowest BCUT2D eigenvalue weighted by atomic mass is 10.4. The van der Waals surface area contributed by atoms with E-state index in [0.29, 0.717) is 0 Å². The smallest absolute Gasteiger partial charge is 0.266 e. The molecule has 1 amide bonds. The monoisotopic (exact) mass is 203 g/mol. The van der Waals surface area contributed by atoms with Crippen molar-refractivity contribution in [2.24, 2.45) is 0 Å². The first kappa shape index (κ1) is 9.32. The van der Waals surface area contributed by atoms with E-state index >= 15 is 0 Å². The Morgan fingerprint density at radius 3 is 2.80 bits per heavy atom. The number of imidazole rings is 1. The summed E-state index contributed by atoms with van der Waals surface area (Å²) in [4.78, 5) is 23.2. The van der Waals surface area contributed by atoms with Crippen molar-refractivity contribution in [3.63, 3.8) is 0 Å². The molecule has 2 aromatic heterocycles. The molecule has 6 heteroatoms. The summed E-state index contributed by atoms with van der Waals surface area (Å²) in [7, 11) is 0. The summed E-state index contributed by atoms with van der Waals surface area (Å²) in [6.45, 7) is 1.84. The molecule has 2 rings (SSSR count). The zero-order chi connectivity index (χ0) is 10.7. The third-order valence-corrected chi connectivity index (χ3v) is 1.84. The predicted molar refractivity (Wildman–Crippen MR) is 52.7 cm³/mol. The van der Waals surface area contributed by atoms with Crippen LogP contribution in [0.15, 0.2) is 31.1 Å². The highest BCUT2D eigenvalue weighted by Crippen LogP contribution is 1.95. The molecule has 2 aromatic rings. The number of rotatable bonds is 2. The van der Waals surface area contributed by atoms with Gasteiger partial charge in [0.25, 0.3) is 5.91 Å². The van der Waals surface area contributed by atoms with Crippen LogP contribution in [0.2, 0.25) is 0 Å². The van der Waals surface area contributed by atoms with Crippen LogP contribution in [0.4, 0.5) is 0 Å². The summed E-state index contributed by atoms with van der Waals surface area (Å²) >= 11 is 0. The second-order valence-electron chi connectivity index (χ2n) is 2.94. The number of nitrogens with one attached hydrogen (secondary N) is 1. The molecule has 1 N–H and O–H groups in total. The fourth-order valence-electron chi connectivity index (χ4n) is 1.06. The fourth-order valence-corrected chi connectivity index (χ4v) is 1.06. The highest BCUT2D eigenvalue weighted by Gasteiger charge is 2.07. The molecule has 0 aliphatic heterocycles. The van der Waals surface area contributed by atoms with Crippen molar-refractivity contribution in [3.05, 3.63) is 42.5 Å². The first-order chi connectivity index (χ1) is 7.27. The Morgan fingerprint density at radius 1 is 1.33 bits per heavy atom. The van der Waals surface area contributed by atoms with E-state index in [-0.39, 0.29) is 11.6 Å². The molecule has 0 saturated heterocycles. The number of nitrogens with zero attached hydrogens (tertiary/aromatic N) is 4. The maximum Gasteiger partial charge on any atom is 0.290 e. The molecule has 0 bridgehead atoms. The van der Waals surface area contributed by atoms with Crippen molar-refractivity contribution in [2.45, 2.75) is 6.92 Å². The number of hydrogen-bond donors (Lipinski definition) is 1. The van der Waals surface area contributed by atoms with Gasteiger partial charge in [-0.25, -0.2) is 14.6 Å². The third-order valence-electron chi connectivity index (χ3n) is 1.84. The second kappa shape index (κ2) is 3.87. The maximum absolute atomic E-state index is 11.6. The van der Waals surface area contributed by atoms with Gasteiger partial charge in [0.05, 0.1) is 11.9 Å². The first-order valence-electron chi connectivity index (χ1n) is 4.33. The molecule has 0 unspecified atom stereocenters. The Hall–Kier alpha value is -2.24. The number of aromatic nitrogens is 4. The number of amides is 1. The molecule has 0 aromatic carbocycles. The van der Waals surface area contributed by atoms with Gasteiger partial charge in [-0.2, -0.15) is 0 Å². The Bertz CT molecular complexity index is 464. The SMILES string of the molecule is Cc1cncn1NC(=O)c1cnccn1. The molecule has 2 heterocycles. The van der Waals surface area contributed by atoms with E-state index in [1.165, 1.54) is 29.6 Å². The molecule has 0 aliphatic carbocycles. The molecule has 0 atom stereocenters. The van der Waals surface area contributed by atoms with Gasteiger partial charge in [0.15, 0.2) is 0 Å². The third kappa shape index (κ3) is 1.98. The Kier molecular flexibility index (Phi) is 2.40. The fraction of sp³-hybridized carbons (Fsp3) is 0.111. The van der Waals surface area contributed by atoms with Gasteiger partial charge in [-0.3, -0.25) is 15.2 Å². The van der Waals surface area contributed by atoms with E-state index in [0.717, 1.165) is 5.69 Å². The highest BCUT2D eigenvalue weighted by molar-refractivity contribution is 5.97. The molecule has 0 aliphatic rings. The lowest BCUT2D eigenvalue weighted by molar-refractivity contribution is 0.100. The van der Waals surface area contributed by atoms with Crippen LogP contribution in [0, 0.1) is 6.92 Å². The van der Waals surface area contributed by atoms with Gasteiger partial charge < -0.3 is 0 Å². The van der Waals surface area contributed by atoms with Gasteiger partial charge in [0.1, 0.15) is 12.0 Å². The van der Waals surface area contributed by atoms with Crippen LogP contribution < -0.4 is 5.43 Å². The summed E-state index contributed by atoms with van der Waals surface area (Å²) in [5.74, 6) is -0.316. The summed E-state index contributed by atoms with van der Waals surface area (Å²) in [5.41, 5.74) is 3.73. The number of aryl methyl sites for hydroxylation is 1. The van der Waals surface area contributed by atoms with E-state index in [1.807, 2.05) is 6.92 Å². The van der Waals surface area contributed by atoms with Crippen LogP contribution in [0.5, 0.6) is 0 Å². The van der Waals surface area contributed by atoms with E-state index in [2.05, 4.69) is 20.4 Å². The van der Waals surface area contributed by atoms with Crippen LogP contribution in [0.3, 0.4) is 0 Å². The minimum Gasteiger partial charge on any atom is -0.266 e. The standard InChI is InChI=1S/C9H9N5O/c1-7-4-11-6-14(7)13-9(15)8-5-10-2-3-12-8/h2-6H,1H3,(H,13,15). The van der Waals surface area contributed by atoms with Crippen molar-refractivity contribution in [3.8, 4) is 0 Å².